The van der Waals surface area contributed by atoms with Gasteiger partial charge < -0.3 is 10.5 Å². The van der Waals surface area contributed by atoms with Gasteiger partial charge >= 0.3 is 0 Å². The minimum atomic E-state index is -0.340. The van der Waals surface area contributed by atoms with E-state index in [1.165, 1.54) is 0 Å². The molecule has 1 aromatic rings. The zero-order chi connectivity index (χ0) is 11.5. The molecule has 0 saturated carbocycles. The highest BCUT2D eigenvalue weighted by Crippen LogP contribution is 2.24. The van der Waals surface area contributed by atoms with E-state index in [2.05, 4.69) is 0 Å². The SMILES string of the molecule is CC(C)(N)COCc1c(Cl)cccc1Cl. The summed E-state index contributed by atoms with van der Waals surface area (Å²) in [6.07, 6.45) is 0. The normalized spacial score (nSPS) is 11.8. The number of hydrogen-bond acceptors (Lipinski definition) is 2. The van der Waals surface area contributed by atoms with Crippen LogP contribution in [0.5, 0.6) is 0 Å². The van der Waals surface area contributed by atoms with Gasteiger partial charge in [0.2, 0.25) is 0 Å². The van der Waals surface area contributed by atoms with E-state index in [0.29, 0.717) is 23.3 Å². The molecule has 2 nitrogen and oxygen atoms in total. The summed E-state index contributed by atoms with van der Waals surface area (Å²) in [5.74, 6) is 0. The minimum Gasteiger partial charge on any atom is -0.375 e. The Balaban J connectivity index is 2.58. The average molecular weight is 248 g/mol. The molecule has 0 aliphatic heterocycles. The molecule has 0 bridgehead atoms. The standard InChI is InChI=1S/C11H15Cl2NO/c1-11(2,14)7-15-6-8-9(12)4-3-5-10(8)13/h3-5H,6-7,14H2,1-2H3. The van der Waals surface area contributed by atoms with E-state index < -0.39 is 0 Å². The minimum absolute atomic E-state index is 0.340. The van der Waals surface area contributed by atoms with Crippen LogP contribution >= 0.6 is 23.2 Å². The zero-order valence-electron chi connectivity index (χ0n) is 8.89. The molecular formula is C11H15Cl2NO. The molecular weight excluding hydrogens is 233 g/mol. The zero-order valence-corrected chi connectivity index (χ0v) is 10.4. The van der Waals surface area contributed by atoms with Gasteiger partial charge in [0.05, 0.1) is 13.2 Å². The summed E-state index contributed by atoms with van der Waals surface area (Å²) in [5.41, 5.74) is 6.26. The number of nitrogens with two attached hydrogens (primary N) is 1. The Labute approximate surface area is 100 Å². The van der Waals surface area contributed by atoms with Crippen LogP contribution in [0.15, 0.2) is 18.2 Å². The lowest BCUT2D eigenvalue weighted by Gasteiger charge is -2.18. The van der Waals surface area contributed by atoms with E-state index in [9.17, 15) is 0 Å². The van der Waals surface area contributed by atoms with E-state index in [1.54, 1.807) is 18.2 Å². The van der Waals surface area contributed by atoms with E-state index in [-0.39, 0.29) is 5.54 Å². The highest BCUT2D eigenvalue weighted by molar-refractivity contribution is 6.35. The molecule has 0 amide bonds. The molecule has 0 spiro atoms. The van der Waals surface area contributed by atoms with Crippen molar-refractivity contribution >= 4 is 23.2 Å². The second-order valence-electron chi connectivity index (χ2n) is 4.18. The fourth-order valence-corrected chi connectivity index (χ4v) is 1.59. The third kappa shape index (κ3) is 4.39. The molecule has 0 aliphatic carbocycles. The van der Waals surface area contributed by atoms with Crippen molar-refractivity contribution in [3.05, 3.63) is 33.8 Å². The smallest absolute Gasteiger partial charge is 0.0746 e. The first kappa shape index (κ1) is 12.8. The fourth-order valence-electron chi connectivity index (χ4n) is 1.09. The van der Waals surface area contributed by atoms with Crippen molar-refractivity contribution in [2.75, 3.05) is 6.61 Å². The molecule has 2 N–H and O–H groups in total. The molecule has 0 fully saturated rings. The molecule has 1 rings (SSSR count). The van der Waals surface area contributed by atoms with Gasteiger partial charge in [-0.1, -0.05) is 29.3 Å². The van der Waals surface area contributed by atoms with E-state index in [4.69, 9.17) is 33.7 Å². The third-order valence-electron chi connectivity index (χ3n) is 1.78. The molecule has 4 heteroatoms. The van der Waals surface area contributed by atoms with Crippen molar-refractivity contribution in [3.8, 4) is 0 Å². The summed E-state index contributed by atoms with van der Waals surface area (Å²) >= 11 is 12.0. The first-order valence-electron chi connectivity index (χ1n) is 4.70. The summed E-state index contributed by atoms with van der Waals surface area (Å²) in [6.45, 7) is 4.66. The van der Waals surface area contributed by atoms with Crippen LogP contribution in [0.4, 0.5) is 0 Å². The molecule has 0 saturated heterocycles. The predicted octanol–water partition coefficient (Wildman–Crippen LogP) is 3.25. The van der Waals surface area contributed by atoms with Crippen LogP contribution in [0, 0.1) is 0 Å². The Kier molecular flexibility index (Phi) is 4.41. The van der Waals surface area contributed by atoms with Crippen LogP contribution < -0.4 is 5.73 Å². The number of rotatable bonds is 4. The molecule has 0 radical (unpaired) electrons. The van der Waals surface area contributed by atoms with Crippen LogP contribution in [0.2, 0.25) is 10.0 Å². The van der Waals surface area contributed by atoms with Gasteiger partial charge in [0.1, 0.15) is 0 Å². The van der Waals surface area contributed by atoms with E-state index in [1.807, 2.05) is 13.8 Å². The largest absolute Gasteiger partial charge is 0.375 e. The predicted molar refractivity (Wildman–Crippen MR) is 64.4 cm³/mol. The van der Waals surface area contributed by atoms with Gasteiger partial charge in [0, 0.05) is 21.1 Å². The number of halogens is 2. The maximum absolute atomic E-state index is 5.98. The van der Waals surface area contributed by atoms with Gasteiger partial charge in [-0.2, -0.15) is 0 Å². The Hall–Kier alpha value is -0.280. The lowest BCUT2D eigenvalue weighted by Crippen LogP contribution is -2.37. The number of hydrogen-bond donors (Lipinski definition) is 1. The van der Waals surface area contributed by atoms with E-state index in [0.717, 1.165) is 5.56 Å². The van der Waals surface area contributed by atoms with Crippen LogP contribution in [-0.2, 0) is 11.3 Å². The summed E-state index contributed by atoms with van der Waals surface area (Å²) in [6, 6.07) is 5.39. The highest BCUT2D eigenvalue weighted by Gasteiger charge is 2.12. The van der Waals surface area contributed by atoms with E-state index >= 15 is 0 Å². The highest BCUT2D eigenvalue weighted by atomic mass is 35.5. The summed E-state index contributed by atoms with van der Waals surface area (Å²) in [4.78, 5) is 0. The van der Waals surface area contributed by atoms with Gasteiger partial charge in [-0.15, -0.1) is 0 Å². The Morgan fingerprint density at radius 1 is 1.27 bits per heavy atom. The summed E-state index contributed by atoms with van der Waals surface area (Å²) in [7, 11) is 0. The van der Waals surface area contributed by atoms with Crippen LogP contribution in [0.3, 0.4) is 0 Å². The van der Waals surface area contributed by atoms with Gasteiger partial charge in [-0.25, -0.2) is 0 Å². The Morgan fingerprint density at radius 3 is 2.27 bits per heavy atom. The van der Waals surface area contributed by atoms with Crippen molar-refractivity contribution in [1.82, 2.24) is 0 Å². The van der Waals surface area contributed by atoms with Crippen molar-refractivity contribution < 1.29 is 4.74 Å². The summed E-state index contributed by atoms with van der Waals surface area (Å²) in [5, 5.41) is 1.25. The van der Waals surface area contributed by atoms with Crippen molar-refractivity contribution in [3.63, 3.8) is 0 Å². The fraction of sp³-hybridized carbons (Fsp3) is 0.455. The molecule has 0 atom stereocenters. The van der Waals surface area contributed by atoms with Crippen LogP contribution in [0.25, 0.3) is 0 Å². The lowest BCUT2D eigenvalue weighted by molar-refractivity contribution is 0.0852. The molecule has 0 heterocycles. The summed E-state index contributed by atoms with van der Waals surface area (Å²) < 4.78 is 5.45. The van der Waals surface area contributed by atoms with Crippen LogP contribution in [0.1, 0.15) is 19.4 Å². The number of benzene rings is 1. The maximum atomic E-state index is 5.98. The van der Waals surface area contributed by atoms with Crippen molar-refractivity contribution in [2.45, 2.75) is 26.0 Å². The molecule has 84 valence electrons. The molecule has 0 unspecified atom stereocenters. The third-order valence-corrected chi connectivity index (χ3v) is 2.49. The quantitative estimate of drug-likeness (QED) is 0.887. The Morgan fingerprint density at radius 2 is 1.80 bits per heavy atom. The van der Waals surface area contributed by atoms with Gasteiger partial charge in [0.25, 0.3) is 0 Å². The lowest BCUT2D eigenvalue weighted by atomic mass is 10.1. The Bertz CT molecular complexity index is 314. The second kappa shape index (κ2) is 5.17. The average Bonchev–Trinajstić information content (AvgIpc) is 2.08. The van der Waals surface area contributed by atoms with Crippen molar-refractivity contribution in [1.29, 1.82) is 0 Å². The maximum Gasteiger partial charge on any atom is 0.0746 e. The second-order valence-corrected chi connectivity index (χ2v) is 5.00. The monoisotopic (exact) mass is 247 g/mol. The number of ether oxygens (including phenoxy) is 1. The van der Waals surface area contributed by atoms with Gasteiger partial charge in [-0.3, -0.25) is 0 Å². The first-order valence-corrected chi connectivity index (χ1v) is 5.45. The topological polar surface area (TPSA) is 35.2 Å². The molecule has 0 aromatic heterocycles. The van der Waals surface area contributed by atoms with Crippen LogP contribution in [-0.4, -0.2) is 12.1 Å². The van der Waals surface area contributed by atoms with Crippen molar-refractivity contribution in [2.24, 2.45) is 5.73 Å². The molecule has 0 aliphatic rings. The molecule has 15 heavy (non-hydrogen) atoms. The molecule has 1 aromatic carbocycles. The van der Waals surface area contributed by atoms with Gasteiger partial charge in [0.15, 0.2) is 0 Å². The first-order chi connectivity index (χ1) is 6.90. The van der Waals surface area contributed by atoms with Gasteiger partial charge in [-0.05, 0) is 26.0 Å².